The molecule has 0 N–H and O–H groups in total. The summed E-state index contributed by atoms with van der Waals surface area (Å²) in [5.74, 6) is 3.53. The number of fused-ring (bicyclic) bond motifs is 2. The van der Waals surface area contributed by atoms with Gasteiger partial charge >= 0.3 is 0 Å². The first-order valence-corrected chi connectivity index (χ1v) is 8.80. The van der Waals surface area contributed by atoms with Crippen molar-refractivity contribution in [2.75, 3.05) is 31.1 Å². The minimum absolute atomic E-state index is 0.702. The minimum atomic E-state index is 0.702. The Morgan fingerprint density at radius 1 is 1.08 bits per heavy atom. The maximum absolute atomic E-state index is 4.48. The Labute approximate surface area is 146 Å². The molecule has 7 heteroatoms. The van der Waals surface area contributed by atoms with Gasteiger partial charge in [-0.05, 0) is 30.9 Å². The van der Waals surface area contributed by atoms with Crippen molar-refractivity contribution in [1.82, 2.24) is 29.5 Å². The lowest BCUT2D eigenvalue weighted by Crippen LogP contribution is -2.30. The predicted octanol–water partition coefficient (Wildman–Crippen LogP) is 1.40. The lowest BCUT2D eigenvalue weighted by atomic mass is 10.0. The van der Waals surface area contributed by atoms with Gasteiger partial charge in [0.25, 0.3) is 0 Å². The van der Waals surface area contributed by atoms with Crippen LogP contribution in [0.1, 0.15) is 11.4 Å². The Balaban J connectivity index is 1.27. The molecule has 0 aliphatic carbocycles. The smallest absolute Gasteiger partial charge is 0.160 e. The third kappa shape index (κ3) is 2.55. The van der Waals surface area contributed by atoms with Gasteiger partial charge in [0, 0.05) is 44.1 Å². The Bertz CT molecular complexity index is 891. The molecule has 2 atom stereocenters. The van der Waals surface area contributed by atoms with E-state index in [9.17, 15) is 0 Å². The second-order valence-corrected chi connectivity index (χ2v) is 7.19. The Morgan fingerprint density at radius 3 is 2.72 bits per heavy atom. The van der Waals surface area contributed by atoms with Gasteiger partial charge < -0.3 is 4.90 Å². The summed E-state index contributed by atoms with van der Waals surface area (Å²) >= 11 is 0. The van der Waals surface area contributed by atoms with E-state index < -0.39 is 0 Å². The first-order chi connectivity index (χ1) is 12.3. The van der Waals surface area contributed by atoms with Crippen molar-refractivity contribution in [1.29, 1.82) is 0 Å². The second-order valence-electron chi connectivity index (χ2n) is 7.19. The van der Waals surface area contributed by atoms with Gasteiger partial charge in [0.2, 0.25) is 0 Å². The fraction of sp³-hybridized carbons (Fsp3) is 0.444. The highest BCUT2D eigenvalue weighted by atomic mass is 15.3. The molecule has 2 fully saturated rings. The molecule has 2 unspecified atom stereocenters. The van der Waals surface area contributed by atoms with Gasteiger partial charge in [-0.3, -0.25) is 9.30 Å². The summed E-state index contributed by atoms with van der Waals surface area (Å²) in [4.78, 5) is 13.5. The van der Waals surface area contributed by atoms with Crippen LogP contribution in [0, 0.1) is 18.8 Å². The van der Waals surface area contributed by atoms with E-state index >= 15 is 0 Å². The largest absolute Gasteiger partial charge is 0.356 e. The summed E-state index contributed by atoms with van der Waals surface area (Å²) in [5.41, 5.74) is 2.08. The molecule has 2 aliphatic rings. The molecule has 0 radical (unpaired) electrons. The minimum Gasteiger partial charge on any atom is -0.356 e. The molecule has 25 heavy (non-hydrogen) atoms. The average Bonchev–Trinajstić information content (AvgIpc) is 3.29. The molecule has 5 heterocycles. The van der Waals surface area contributed by atoms with E-state index in [2.05, 4.69) is 41.3 Å². The molecule has 3 aromatic rings. The van der Waals surface area contributed by atoms with Crippen LogP contribution >= 0.6 is 0 Å². The highest BCUT2D eigenvalue weighted by Crippen LogP contribution is 2.34. The van der Waals surface area contributed by atoms with Crippen molar-refractivity contribution < 1.29 is 0 Å². The Hall–Kier alpha value is -2.54. The van der Waals surface area contributed by atoms with Crippen molar-refractivity contribution in [3.8, 4) is 0 Å². The predicted molar refractivity (Wildman–Crippen MR) is 94.2 cm³/mol. The summed E-state index contributed by atoms with van der Waals surface area (Å²) in [6, 6.07) is 6.02. The summed E-state index contributed by atoms with van der Waals surface area (Å²) < 4.78 is 2.09. The lowest BCUT2D eigenvalue weighted by molar-refractivity contribution is 0.299. The average molecular weight is 335 g/mol. The zero-order chi connectivity index (χ0) is 16.8. The maximum atomic E-state index is 4.48. The number of aryl methyl sites for hydroxylation is 1. The second kappa shape index (κ2) is 5.77. The number of rotatable bonds is 3. The molecule has 2 aliphatic heterocycles. The zero-order valence-electron chi connectivity index (χ0n) is 14.3. The Morgan fingerprint density at radius 2 is 1.92 bits per heavy atom. The highest BCUT2D eigenvalue weighted by Gasteiger charge is 2.40. The molecule has 0 bridgehead atoms. The van der Waals surface area contributed by atoms with Crippen LogP contribution < -0.4 is 4.90 Å². The van der Waals surface area contributed by atoms with Crippen LogP contribution in [0.3, 0.4) is 0 Å². The van der Waals surface area contributed by atoms with Crippen molar-refractivity contribution in [2.24, 2.45) is 11.8 Å². The number of nitrogens with zero attached hydrogens (tertiary/aromatic N) is 7. The fourth-order valence-electron chi connectivity index (χ4n) is 4.31. The third-order valence-electron chi connectivity index (χ3n) is 5.48. The summed E-state index contributed by atoms with van der Waals surface area (Å²) in [5, 5.41) is 8.63. The van der Waals surface area contributed by atoms with Crippen LogP contribution in [-0.4, -0.2) is 55.6 Å². The van der Waals surface area contributed by atoms with E-state index in [-0.39, 0.29) is 0 Å². The topological polar surface area (TPSA) is 62.5 Å². The van der Waals surface area contributed by atoms with Crippen LogP contribution in [0.2, 0.25) is 0 Å². The zero-order valence-corrected chi connectivity index (χ0v) is 14.3. The van der Waals surface area contributed by atoms with Crippen LogP contribution in [0.25, 0.3) is 5.65 Å². The molecule has 0 spiro atoms. The summed E-state index contributed by atoms with van der Waals surface area (Å²) in [7, 11) is 0. The van der Waals surface area contributed by atoms with Crippen LogP contribution in [0.15, 0.2) is 36.9 Å². The molecular weight excluding hydrogens is 314 g/mol. The van der Waals surface area contributed by atoms with Gasteiger partial charge in [-0.2, -0.15) is 0 Å². The summed E-state index contributed by atoms with van der Waals surface area (Å²) in [6.07, 6.45) is 5.60. The molecule has 128 valence electrons. The van der Waals surface area contributed by atoms with Crippen molar-refractivity contribution in [3.05, 3.63) is 48.3 Å². The molecule has 7 nitrogen and oxygen atoms in total. The number of aromatic nitrogens is 5. The van der Waals surface area contributed by atoms with E-state index in [1.165, 1.54) is 0 Å². The van der Waals surface area contributed by atoms with Crippen molar-refractivity contribution in [3.63, 3.8) is 0 Å². The lowest BCUT2D eigenvalue weighted by Gasteiger charge is -2.22. The molecule has 2 saturated heterocycles. The van der Waals surface area contributed by atoms with Crippen LogP contribution in [-0.2, 0) is 6.54 Å². The Kier molecular flexibility index (Phi) is 3.41. The molecule has 5 rings (SSSR count). The SMILES string of the molecule is Cc1cncnc1N1CC2CN(Cc3nnc4ccccn34)CC2C1. The van der Waals surface area contributed by atoms with Gasteiger partial charge in [0.15, 0.2) is 11.5 Å². The number of likely N-dealkylation sites (tertiary alicyclic amines) is 1. The normalized spacial score (nSPS) is 23.5. The van der Waals surface area contributed by atoms with E-state index in [1.807, 2.05) is 30.6 Å². The van der Waals surface area contributed by atoms with Gasteiger partial charge in [-0.25, -0.2) is 9.97 Å². The maximum Gasteiger partial charge on any atom is 0.160 e. The molecule has 0 saturated carbocycles. The standard InChI is InChI=1S/C18H21N7/c1-13-6-19-12-20-18(13)24-9-14-7-23(8-15(14)10-24)11-17-22-21-16-4-2-3-5-25(16)17/h2-6,12,14-15H,7-11H2,1H3. The monoisotopic (exact) mass is 335 g/mol. The number of hydrogen-bond donors (Lipinski definition) is 0. The van der Waals surface area contributed by atoms with E-state index in [0.29, 0.717) is 11.8 Å². The summed E-state index contributed by atoms with van der Waals surface area (Å²) in [6.45, 7) is 7.36. The van der Waals surface area contributed by atoms with Crippen molar-refractivity contribution >= 4 is 11.5 Å². The van der Waals surface area contributed by atoms with Gasteiger partial charge in [0.05, 0.1) is 6.54 Å². The first kappa shape index (κ1) is 14.8. The number of hydrogen-bond acceptors (Lipinski definition) is 6. The van der Waals surface area contributed by atoms with E-state index in [1.54, 1.807) is 6.33 Å². The fourth-order valence-corrected chi connectivity index (χ4v) is 4.31. The van der Waals surface area contributed by atoms with Gasteiger partial charge in [-0.1, -0.05) is 6.07 Å². The highest BCUT2D eigenvalue weighted by molar-refractivity contribution is 5.46. The molecule has 3 aromatic heterocycles. The molecule has 0 aromatic carbocycles. The quantitative estimate of drug-likeness (QED) is 0.721. The first-order valence-electron chi connectivity index (χ1n) is 8.80. The van der Waals surface area contributed by atoms with E-state index in [4.69, 9.17) is 0 Å². The van der Waals surface area contributed by atoms with Gasteiger partial charge in [0.1, 0.15) is 12.1 Å². The third-order valence-corrected chi connectivity index (χ3v) is 5.48. The number of pyridine rings is 1. The molecule has 0 amide bonds. The van der Waals surface area contributed by atoms with Crippen LogP contribution in [0.5, 0.6) is 0 Å². The molecular formula is C18H21N7. The van der Waals surface area contributed by atoms with Gasteiger partial charge in [-0.15, -0.1) is 10.2 Å². The number of anilines is 1. The van der Waals surface area contributed by atoms with Crippen molar-refractivity contribution in [2.45, 2.75) is 13.5 Å². The van der Waals surface area contributed by atoms with Crippen LogP contribution in [0.4, 0.5) is 5.82 Å². The van der Waals surface area contributed by atoms with E-state index in [0.717, 1.165) is 55.6 Å².